The number of hydrogen-bond acceptors (Lipinski definition) is 3. The molecule has 1 fully saturated rings. The van der Waals surface area contributed by atoms with Crippen molar-refractivity contribution in [1.82, 2.24) is 10.2 Å². The van der Waals surface area contributed by atoms with Gasteiger partial charge >= 0.3 is 6.18 Å². The molecule has 1 rings (SSSR count). The number of amides is 2. The minimum absolute atomic E-state index is 0.172. The van der Waals surface area contributed by atoms with Gasteiger partial charge in [-0.05, 0) is 6.92 Å². The highest BCUT2D eigenvalue weighted by Crippen LogP contribution is 2.20. The highest BCUT2D eigenvalue weighted by atomic mass is 19.4. The van der Waals surface area contributed by atoms with Crippen LogP contribution < -0.4 is 5.32 Å². The molecule has 1 aliphatic rings. The van der Waals surface area contributed by atoms with Crippen LogP contribution in [0.1, 0.15) is 13.3 Å². The predicted octanol–water partition coefficient (Wildman–Crippen LogP) is -0.353. The van der Waals surface area contributed by atoms with Gasteiger partial charge < -0.3 is 15.3 Å². The van der Waals surface area contributed by atoms with Crippen molar-refractivity contribution in [2.75, 3.05) is 13.1 Å². The molecule has 8 heteroatoms. The summed E-state index contributed by atoms with van der Waals surface area (Å²) in [5.74, 6) is -1.35. The number of aliphatic hydroxyl groups is 1. The van der Waals surface area contributed by atoms with E-state index in [-0.39, 0.29) is 13.0 Å². The first kappa shape index (κ1) is 13.8. The molecular weight excluding hydrogens is 241 g/mol. The van der Waals surface area contributed by atoms with Crippen molar-refractivity contribution in [1.29, 1.82) is 0 Å². The fraction of sp³-hybridized carbons (Fsp3) is 0.778. The number of alkyl halides is 3. The molecule has 98 valence electrons. The summed E-state index contributed by atoms with van der Waals surface area (Å²) in [6.45, 7) is -0.261. The molecule has 2 atom stereocenters. The summed E-state index contributed by atoms with van der Waals surface area (Å²) in [7, 11) is 0. The number of hydrogen-bond donors (Lipinski definition) is 2. The second-order valence-corrected chi connectivity index (χ2v) is 3.98. The van der Waals surface area contributed by atoms with E-state index < -0.39 is 36.7 Å². The lowest BCUT2D eigenvalue weighted by Gasteiger charge is -2.18. The van der Waals surface area contributed by atoms with Crippen LogP contribution in [0.25, 0.3) is 0 Å². The second kappa shape index (κ2) is 4.91. The molecule has 0 aromatic rings. The lowest BCUT2D eigenvalue weighted by atomic mass is 10.2. The van der Waals surface area contributed by atoms with E-state index in [9.17, 15) is 22.8 Å². The van der Waals surface area contributed by atoms with E-state index in [1.165, 1.54) is 6.92 Å². The van der Waals surface area contributed by atoms with Crippen LogP contribution in [0.3, 0.4) is 0 Å². The first-order chi connectivity index (χ1) is 7.69. The zero-order chi connectivity index (χ0) is 13.2. The van der Waals surface area contributed by atoms with Gasteiger partial charge in [-0.25, -0.2) is 0 Å². The Kier molecular flexibility index (Phi) is 3.97. The van der Waals surface area contributed by atoms with Gasteiger partial charge in [0.25, 0.3) is 0 Å². The molecule has 0 aromatic carbocycles. The van der Waals surface area contributed by atoms with Gasteiger partial charge in [0, 0.05) is 13.0 Å². The average Bonchev–Trinajstić information content (AvgIpc) is 2.43. The summed E-state index contributed by atoms with van der Waals surface area (Å²) in [5.41, 5.74) is 0. The van der Waals surface area contributed by atoms with Crippen LogP contribution in [-0.2, 0) is 9.59 Å². The first-order valence-corrected chi connectivity index (χ1v) is 5.02. The highest BCUT2D eigenvalue weighted by molar-refractivity contribution is 5.83. The van der Waals surface area contributed by atoms with Gasteiger partial charge in [-0.3, -0.25) is 9.59 Å². The fourth-order valence-electron chi connectivity index (χ4n) is 1.56. The Labute approximate surface area is 95.6 Å². The molecule has 5 nitrogen and oxygen atoms in total. The summed E-state index contributed by atoms with van der Waals surface area (Å²) in [6.07, 6.45) is -5.87. The summed E-state index contributed by atoms with van der Waals surface area (Å²) in [5, 5.41) is 11.2. The summed E-state index contributed by atoms with van der Waals surface area (Å²) >= 11 is 0. The van der Waals surface area contributed by atoms with Crippen molar-refractivity contribution in [2.45, 2.75) is 31.7 Å². The molecule has 0 aromatic heterocycles. The number of aliphatic hydroxyl groups excluding tert-OH is 1. The van der Waals surface area contributed by atoms with Crippen LogP contribution in [0.5, 0.6) is 0 Å². The number of halogens is 3. The number of nitrogens with zero attached hydrogens (tertiary/aromatic N) is 1. The van der Waals surface area contributed by atoms with Crippen LogP contribution >= 0.6 is 0 Å². The maximum atomic E-state index is 12.1. The molecule has 2 amide bonds. The minimum Gasteiger partial charge on any atom is -0.384 e. The van der Waals surface area contributed by atoms with Crippen molar-refractivity contribution in [3.8, 4) is 0 Å². The molecule has 0 bridgehead atoms. The maximum absolute atomic E-state index is 12.1. The van der Waals surface area contributed by atoms with E-state index in [1.807, 2.05) is 0 Å². The van der Waals surface area contributed by atoms with Crippen LogP contribution in [0.15, 0.2) is 0 Å². The van der Waals surface area contributed by atoms with E-state index in [1.54, 1.807) is 0 Å². The van der Waals surface area contributed by atoms with Crippen LogP contribution in [-0.4, -0.2) is 53.2 Å². The number of carbonyl (C=O) groups is 2. The van der Waals surface area contributed by atoms with Crippen molar-refractivity contribution in [3.05, 3.63) is 0 Å². The standard InChI is InChI=1S/C9H13F3N2O3/c1-5(15)8(17)13-6-2-7(16)14(3-6)4-9(10,11)12/h5-6,15H,2-4H2,1H3,(H,13,17). The third-order valence-electron chi connectivity index (χ3n) is 2.31. The van der Waals surface area contributed by atoms with E-state index in [2.05, 4.69) is 5.32 Å². The number of rotatable bonds is 3. The average molecular weight is 254 g/mol. The summed E-state index contributed by atoms with van der Waals surface area (Å²) in [4.78, 5) is 23.0. The minimum atomic E-state index is -4.45. The largest absolute Gasteiger partial charge is 0.406 e. The Hall–Kier alpha value is -1.31. The topological polar surface area (TPSA) is 69.6 Å². The quantitative estimate of drug-likeness (QED) is 0.723. The SMILES string of the molecule is CC(O)C(=O)NC1CC(=O)N(CC(F)(F)F)C1. The lowest BCUT2D eigenvalue weighted by Crippen LogP contribution is -2.42. The molecule has 0 aliphatic carbocycles. The number of nitrogens with one attached hydrogen (secondary N) is 1. The lowest BCUT2D eigenvalue weighted by molar-refractivity contribution is -0.157. The second-order valence-electron chi connectivity index (χ2n) is 3.98. The molecule has 1 heterocycles. The molecule has 2 unspecified atom stereocenters. The van der Waals surface area contributed by atoms with Gasteiger partial charge in [0.15, 0.2) is 0 Å². The Bertz CT molecular complexity index is 317. The van der Waals surface area contributed by atoms with Gasteiger partial charge in [-0.2, -0.15) is 13.2 Å². The third-order valence-corrected chi connectivity index (χ3v) is 2.31. The Morgan fingerprint density at radius 3 is 2.71 bits per heavy atom. The Balaban J connectivity index is 2.50. The van der Waals surface area contributed by atoms with E-state index in [0.717, 1.165) is 0 Å². The highest BCUT2D eigenvalue weighted by Gasteiger charge is 2.38. The molecule has 1 aliphatic heterocycles. The smallest absolute Gasteiger partial charge is 0.384 e. The van der Waals surface area contributed by atoms with E-state index >= 15 is 0 Å². The third kappa shape index (κ3) is 4.22. The Morgan fingerprint density at radius 1 is 1.65 bits per heavy atom. The number of likely N-dealkylation sites (tertiary alicyclic amines) is 1. The van der Waals surface area contributed by atoms with Gasteiger partial charge in [0.1, 0.15) is 12.6 Å². The molecule has 2 N–H and O–H groups in total. The van der Waals surface area contributed by atoms with E-state index in [0.29, 0.717) is 4.90 Å². The van der Waals surface area contributed by atoms with Crippen molar-refractivity contribution in [3.63, 3.8) is 0 Å². The van der Waals surface area contributed by atoms with Crippen LogP contribution in [0, 0.1) is 0 Å². The summed E-state index contributed by atoms with van der Waals surface area (Å²) in [6, 6.07) is -0.674. The first-order valence-electron chi connectivity index (χ1n) is 5.02. The predicted molar refractivity (Wildman–Crippen MR) is 50.9 cm³/mol. The molecular formula is C9H13F3N2O3. The fourth-order valence-corrected chi connectivity index (χ4v) is 1.56. The summed E-state index contributed by atoms with van der Waals surface area (Å²) < 4.78 is 36.2. The van der Waals surface area contributed by atoms with Crippen molar-refractivity contribution in [2.24, 2.45) is 0 Å². The van der Waals surface area contributed by atoms with E-state index in [4.69, 9.17) is 5.11 Å². The van der Waals surface area contributed by atoms with Gasteiger partial charge in [0.05, 0.1) is 6.04 Å². The van der Waals surface area contributed by atoms with Gasteiger partial charge in [0.2, 0.25) is 11.8 Å². The molecule has 1 saturated heterocycles. The Morgan fingerprint density at radius 2 is 2.24 bits per heavy atom. The van der Waals surface area contributed by atoms with Crippen LogP contribution in [0.4, 0.5) is 13.2 Å². The van der Waals surface area contributed by atoms with Crippen LogP contribution in [0.2, 0.25) is 0 Å². The van der Waals surface area contributed by atoms with Crippen molar-refractivity contribution >= 4 is 11.8 Å². The van der Waals surface area contributed by atoms with Gasteiger partial charge in [-0.15, -0.1) is 0 Å². The monoisotopic (exact) mass is 254 g/mol. The normalized spacial score (nSPS) is 22.8. The van der Waals surface area contributed by atoms with Gasteiger partial charge in [-0.1, -0.05) is 0 Å². The molecule has 0 spiro atoms. The molecule has 0 saturated carbocycles. The van der Waals surface area contributed by atoms with Crippen molar-refractivity contribution < 1.29 is 27.9 Å². The number of carbonyl (C=O) groups excluding carboxylic acids is 2. The molecule has 0 radical (unpaired) electrons. The maximum Gasteiger partial charge on any atom is 0.406 e. The zero-order valence-electron chi connectivity index (χ0n) is 9.12. The molecule has 17 heavy (non-hydrogen) atoms. The zero-order valence-corrected chi connectivity index (χ0v) is 9.12.